The fourth-order valence-electron chi connectivity index (χ4n) is 3.93. The molecule has 2 saturated heterocycles. The fourth-order valence-corrected chi connectivity index (χ4v) is 4.14. The van der Waals surface area contributed by atoms with Crippen LogP contribution in [0, 0.1) is 5.92 Å². The molecule has 6 nitrogen and oxygen atoms in total. The number of likely N-dealkylation sites (tertiary alicyclic amines) is 1. The Labute approximate surface area is 173 Å². The number of carbonyl (C=O) groups is 2. The third kappa shape index (κ3) is 5.69. The number of halogens is 1. The maximum atomic E-state index is 13.0. The molecular weight excluding hydrogens is 376 g/mol. The number of piperidine rings is 1. The molecule has 2 fully saturated rings. The standard InChI is InChI=1S/C21H31ClN4O2/c1-23(2)8-11-26-16-18(6-7-20(26)27)21(28)25-12-9-24(10-13-25)15-17-4-3-5-19(22)14-17/h3-5,14,18H,6-13,15-16H2,1-2H3. The molecule has 2 amide bonds. The molecule has 0 bridgehead atoms. The maximum absolute atomic E-state index is 13.0. The van der Waals surface area contributed by atoms with Crippen LogP contribution in [-0.4, -0.2) is 91.3 Å². The van der Waals surface area contributed by atoms with Crippen LogP contribution in [0.3, 0.4) is 0 Å². The average Bonchev–Trinajstić information content (AvgIpc) is 2.67. The van der Waals surface area contributed by atoms with Gasteiger partial charge in [0, 0.05) is 63.8 Å². The molecule has 1 aromatic rings. The first-order chi connectivity index (χ1) is 13.4. The Morgan fingerprint density at radius 1 is 1.21 bits per heavy atom. The molecular formula is C21H31ClN4O2. The van der Waals surface area contributed by atoms with E-state index in [1.54, 1.807) is 0 Å². The lowest BCUT2D eigenvalue weighted by atomic mass is 9.95. The number of benzene rings is 1. The van der Waals surface area contributed by atoms with Gasteiger partial charge in [-0.3, -0.25) is 14.5 Å². The molecule has 28 heavy (non-hydrogen) atoms. The van der Waals surface area contributed by atoms with Crippen molar-refractivity contribution < 1.29 is 9.59 Å². The Hall–Kier alpha value is -1.63. The van der Waals surface area contributed by atoms with E-state index in [0.29, 0.717) is 25.9 Å². The van der Waals surface area contributed by atoms with Crippen LogP contribution in [0.2, 0.25) is 5.02 Å². The van der Waals surface area contributed by atoms with Crippen molar-refractivity contribution in [2.75, 3.05) is 59.9 Å². The van der Waals surface area contributed by atoms with E-state index < -0.39 is 0 Å². The Morgan fingerprint density at radius 3 is 2.64 bits per heavy atom. The molecule has 2 heterocycles. The maximum Gasteiger partial charge on any atom is 0.227 e. The third-order valence-electron chi connectivity index (χ3n) is 5.65. The van der Waals surface area contributed by atoms with Crippen molar-refractivity contribution in [1.29, 1.82) is 0 Å². The zero-order valence-electron chi connectivity index (χ0n) is 16.9. The van der Waals surface area contributed by atoms with Crippen LogP contribution < -0.4 is 0 Å². The number of likely N-dealkylation sites (N-methyl/N-ethyl adjacent to an activating group) is 1. The second-order valence-electron chi connectivity index (χ2n) is 8.11. The van der Waals surface area contributed by atoms with Crippen LogP contribution in [0.5, 0.6) is 0 Å². The SMILES string of the molecule is CN(C)CCN1CC(C(=O)N2CCN(Cc3cccc(Cl)c3)CC2)CCC1=O. The number of nitrogens with zero attached hydrogens (tertiary/aromatic N) is 4. The van der Waals surface area contributed by atoms with Crippen LogP contribution >= 0.6 is 11.6 Å². The minimum atomic E-state index is -0.0562. The molecule has 154 valence electrons. The summed E-state index contributed by atoms with van der Waals surface area (Å²) < 4.78 is 0. The number of hydrogen-bond acceptors (Lipinski definition) is 4. The predicted octanol–water partition coefficient (Wildman–Crippen LogP) is 1.78. The first-order valence-corrected chi connectivity index (χ1v) is 10.5. The lowest BCUT2D eigenvalue weighted by Crippen LogP contribution is -2.53. The predicted molar refractivity (Wildman–Crippen MR) is 111 cm³/mol. The minimum absolute atomic E-state index is 0.0562. The molecule has 0 saturated carbocycles. The topological polar surface area (TPSA) is 47.1 Å². The van der Waals surface area contributed by atoms with Crippen LogP contribution in [0.25, 0.3) is 0 Å². The van der Waals surface area contributed by atoms with Crippen molar-refractivity contribution in [2.24, 2.45) is 5.92 Å². The summed E-state index contributed by atoms with van der Waals surface area (Å²) in [6, 6.07) is 7.95. The molecule has 2 aliphatic rings. The summed E-state index contributed by atoms with van der Waals surface area (Å²) in [5.74, 6) is 0.335. The van der Waals surface area contributed by atoms with E-state index in [1.807, 2.05) is 42.1 Å². The summed E-state index contributed by atoms with van der Waals surface area (Å²) in [6.45, 7) is 6.19. The van der Waals surface area contributed by atoms with Crippen molar-refractivity contribution in [3.05, 3.63) is 34.9 Å². The summed E-state index contributed by atoms with van der Waals surface area (Å²) in [5.41, 5.74) is 1.20. The molecule has 1 unspecified atom stereocenters. The molecule has 0 aromatic heterocycles. The van der Waals surface area contributed by atoms with Gasteiger partial charge < -0.3 is 14.7 Å². The monoisotopic (exact) mass is 406 g/mol. The largest absolute Gasteiger partial charge is 0.341 e. The van der Waals surface area contributed by atoms with Crippen LogP contribution in [0.4, 0.5) is 0 Å². The summed E-state index contributed by atoms with van der Waals surface area (Å²) in [7, 11) is 4.00. The van der Waals surface area contributed by atoms with Gasteiger partial charge in [-0.1, -0.05) is 23.7 Å². The van der Waals surface area contributed by atoms with Crippen molar-refractivity contribution >= 4 is 23.4 Å². The van der Waals surface area contributed by atoms with E-state index in [0.717, 1.165) is 44.3 Å². The summed E-state index contributed by atoms with van der Waals surface area (Å²) in [5, 5.41) is 0.761. The highest BCUT2D eigenvalue weighted by molar-refractivity contribution is 6.30. The zero-order chi connectivity index (χ0) is 20.1. The summed E-state index contributed by atoms with van der Waals surface area (Å²) >= 11 is 6.07. The minimum Gasteiger partial charge on any atom is -0.341 e. The lowest BCUT2D eigenvalue weighted by Gasteiger charge is -2.39. The van der Waals surface area contributed by atoms with Crippen molar-refractivity contribution in [3.63, 3.8) is 0 Å². The van der Waals surface area contributed by atoms with Gasteiger partial charge in [0.05, 0.1) is 5.92 Å². The van der Waals surface area contributed by atoms with Crippen LogP contribution in [0.1, 0.15) is 18.4 Å². The van der Waals surface area contributed by atoms with Gasteiger partial charge in [0.1, 0.15) is 0 Å². The van der Waals surface area contributed by atoms with E-state index >= 15 is 0 Å². The third-order valence-corrected chi connectivity index (χ3v) is 5.88. The van der Waals surface area contributed by atoms with E-state index in [9.17, 15) is 9.59 Å². The number of carbonyl (C=O) groups excluding carboxylic acids is 2. The molecule has 0 N–H and O–H groups in total. The van der Waals surface area contributed by atoms with Gasteiger partial charge in [0.25, 0.3) is 0 Å². The zero-order valence-corrected chi connectivity index (χ0v) is 17.7. The second-order valence-corrected chi connectivity index (χ2v) is 8.55. The van der Waals surface area contributed by atoms with Gasteiger partial charge in [-0.05, 0) is 38.2 Å². The first-order valence-electron chi connectivity index (χ1n) is 10.1. The van der Waals surface area contributed by atoms with E-state index in [4.69, 9.17) is 11.6 Å². The highest BCUT2D eigenvalue weighted by Crippen LogP contribution is 2.21. The van der Waals surface area contributed by atoms with Crippen LogP contribution in [-0.2, 0) is 16.1 Å². The Balaban J connectivity index is 1.48. The van der Waals surface area contributed by atoms with E-state index in [1.165, 1.54) is 5.56 Å². The molecule has 0 aliphatic carbocycles. The average molecular weight is 407 g/mol. The quantitative estimate of drug-likeness (QED) is 0.722. The van der Waals surface area contributed by atoms with Crippen molar-refractivity contribution in [2.45, 2.75) is 19.4 Å². The Morgan fingerprint density at radius 2 is 1.96 bits per heavy atom. The number of rotatable bonds is 6. The highest BCUT2D eigenvalue weighted by atomic mass is 35.5. The smallest absolute Gasteiger partial charge is 0.227 e. The molecule has 1 atom stereocenters. The Bertz CT molecular complexity index is 689. The first kappa shape index (κ1) is 21.1. The summed E-state index contributed by atoms with van der Waals surface area (Å²) in [6.07, 6.45) is 1.16. The van der Waals surface area contributed by atoms with Crippen molar-refractivity contribution in [1.82, 2.24) is 19.6 Å². The van der Waals surface area contributed by atoms with Crippen LogP contribution in [0.15, 0.2) is 24.3 Å². The van der Waals surface area contributed by atoms with Crippen molar-refractivity contribution in [3.8, 4) is 0 Å². The molecule has 3 rings (SSSR count). The fraction of sp³-hybridized carbons (Fsp3) is 0.619. The van der Waals surface area contributed by atoms with Gasteiger partial charge in [-0.2, -0.15) is 0 Å². The molecule has 2 aliphatic heterocycles. The van der Waals surface area contributed by atoms with Gasteiger partial charge in [-0.15, -0.1) is 0 Å². The molecule has 0 radical (unpaired) electrons. The van der Waals surface area contributed by atoms with Gasteiger partial charge in [0.2, 0.25) is 11.8 Å². The van der Waals surface area contributed by atoms with E-state index in [-0.39, 0.29) is 17.7 Å². The normalized spacial score (nSPS) is 21.4. The van der Waals surface area contributed by atoms with Gasteiger partial charge in [0.15, 0.2) is 0 Å². The van der Waals surface area contributed by atoms with E-state index in [2.05, 4.69) is 15.9 Å². The van der Waals surface area contributed by atoms with Gasteiger partial charge in [-0.25, -0.2) is 0 Å². The Kier molecular flexibility index (Phi) is 7.32. The molecule has 0 spiro atoms. The van der Waals surface area contributed by atoms with Gasteiger partial charge >= 0.3 is 0 Å². The number of amides is 2. The highest BCUT2D eigenvalue weighted by Gasteiger charge is 2.33. The summed E-state index contributed by atoms with van der Waals surface area (Å²) in [4.78, 5) is 33.4. The lowest BCUT2D eigenvalue weighted by molar-refractivity contribution is -0.144. The second kappa shape index (κ2) is 9.72. The molecule has 7 heteroatoms. The number of piperazine rings is 1. The number of hydrogen-bond donors (Lipinski definition) is 0. The molecule has 1 aromatic carbocycles.